The molecular weight excluding hydrogens is 224 g/mol. The summed E-state index contributed by atoms with van der Waals surface area (Å²) in [6, 6.07) is 0. The van der Waals surface area contributed by atoms with E-state index in [-0.39, 0.29) is 0 Å². The molecule has 1 N–H and O–H groups in total. The summed E-state index contributed by atoms with van der Waals surface area (Å²) < 4.78 is 5.75. The fourth-order valence-electron chi connectivity index (χ4n) is 2.71. The second-order valence-electron chi connectivity index (χ2n) is 5.68. The maximum Gasteiger partial charge on any atom is 0.0678 e. The summed E-state index contributed by atoms with van der Waals surface area (Å²) in [6.07, 6.45) is 7.47. The Morgan fingerprint density at radius 3 is 2.33 bits per heavy atom. The lowest BCUT2D eigenvalue weighted by Gasteiger charge is -2.35. The lowest BCUT2D eigenvalue weighted by molar-refractivity contribution is -0.0681. The molecule has 1 fully saturated rings. The van der Waals surface area contributed by atoms with Crippen LogP contribution < -0.4 is 5.32 Å². The van der Waals surface area contributed by atoms with Gasteiger partial charge in [-0.1, -0.05) is 19.8 Å². The Morgan fingerprint density at radius 2 is 1.67 bits per heavy atom. The lowest BCUT2D eigenvalue weighted by Crippen LogP contribution is -2.45. The average Bonchev–Trinajstić information content (AvgIpc) is 2.31. The van der Waals surface area contributed by atoms with E-state index >= 15 is 0 Å². The van der Waals surface area contributed by atoms with Gasteiger partial charge in [0.25, 0.3) is 0 Å². The maximum absolute atomic E-state index is 5.75. The number of hydrogen-bond donors (Lipinski definition) is 1. The van der Waals surface area contributed by atoms with Crippen LogP contribution in [0.15, 0.2) is 0 Å². The van der Waals surface area contributed by atoms with Gasteiger partial charge in [0, 0.05) is 13.1 Å². The number of unbranched alkanes of at least 4 members (excludes halogenated alkanes) is 3. The Bertz CT molecular complexity index is 189. The summed E-state index contributed by atoms with van der Waals surface area (Å²) in [5.41, 5.74) is 0. The van der Waals surface area contributed by atoms with Crippen molar-refractivity contribution in [2.24, 2.45) is 0 Å². The number of ether oxygens (including phenoxy) is 1. The minimum Gasteiger partial charge on any atom is -0.373 e. The highest BCUT2D eigenvalue weighted by atomic mass is 16.5. The Balaban J connectivity index is 1.91. The van der Waals surface area contributed by atoms with Crippen molar-refractivity contribution in [3.05, 3.63) is 0 Å². The molecule has 3 heteroatoms. The monoisotopic (exact) mass is 256 g/mol. The molecule has 1 saturated heterocycles. The van der Waals surface area contributed by atoms with E-state index in [9.17, 15) is 0 Å². The Kier molecular flexibility index (Phi) is 8.64. The molecule has 2 atom stereocenters. The molecule has 3 nitrogen and oxygen atoms in total. The van der Waals surface area contributed by atoms with Crippen LogP contribution >= 0.6 is 0 Å². The van der Waals surface area contributed by atoms with Gasteiger partial charge in [-0.05, 0) is 52.7 Å². The normalized spacial score (nSPS) is 25.5. The van der Waals surface area contributed by atoms with Crippen molar-refractivity contribution in [3.63, 3.8) is 0 Å². The van der Waals surface area contributed by atoms with Crippen LogP contribution in [0.3, 0.4) is 0 Å². The Hall–Kier alpha value is -0.120. The van der Waals surface area contributed by atoms with Crippen molar-refractivity contribution in [3.8, 4) is 0 Å². The molecule has 2 unspecified atom stereocenters. The SMILES string of the molecule is CCCNCCCCCCN1CC(C)OC(C)C1. The summed E-state index contributed by atoms with van der Waals surface area (Å²) in [5, 5.41) is 3.46. The molecule has 0 spiro atoms. The highest BCUT2D eigenvalue weighted by Gasteiger charge is 2.21. The zero-order chi connectivity index (χ0) is 13.2. The highest BCUT2D eigenvalue weighted by Crippen LogP contribution is 2.11. The average molecular weight is 256 g/mol. The van der Waals surface area contributed by atoms with Crippen LogP contribution in [0.2, 0.25) is 0 Å². The molecule has 0 aliphatic carbocycles. The molecule has 0 bridgehead atoms. The molecule has 0 aromatic rings. The van der Waals surface area contributed by atoms with Crippen molar-refractivity contribution in [1.29, 1.82) is 0 Å². The van der Waals surface area contributed by atoms with Gasteiger partial charge in [0.1, 0.15) is 0 Å². The summed E-state index contributed by atoms with van der Waals surface area (Å²) in [7, 11) is 0. The van der Waals surface area contributed by atoms with E-state index in [4.69, 9.17) is 4.74 Å². The minimum absolute atomic E-state index is 0.409. The van der Waals surface area contributed by atoms with Gasteiger partial charge < -0.3 is 10.1 Å². The number of nitrogens with one attached hydrogen (secondary N) is 1. The van der Waals surface area contributed by atoms with E-state index in [1.807, 2.05) is 0 Å². The molecular formula is C15H32N2O. The zero-order valence-electron chi connectivity index (χ0n) is 12.6. The molecule has 1 rings (SSSR count). The van der Waals surface area contributed by atoms with Crippen LogP contribution in [0, 0.1) is 0 Å². The zero-order valence-corrected chi connectivity index (χ0v) is 12.6. The van der Waals surface area contributed by atoms with Gasteiger partial charge in [-0.15, -0.1) is 0 Å². The predicted octanol–water partition coefficient (Wildman–Crippen LogP) is 2.66. The second kappa shape index (κ2) is 9.76. The van der Waals surface area contributed by atoms with Gasteiger partial charge >= 0.3 is 0 Å². The summed E-state index contributed by atoms with van der Waals surface area (Å²) in [6.45, 7) is 12.4. The first-order valence-electron chi connectivity index (χ1n) is 7.81. The van der Waals surface area contributed by atoms with Crippen molar-refractivity contribution in [2.45, 2.75) is 65.1 Å². The van der Waals surface area contributed by atoms with Crippen molar-refractivity contribution < 1.29 is 4.74 Å². The fraction of sp³-hybridized carbons (Fsp3) is 1.00. The van der Waals surface area contributed by atoms with Crippen molar-refractivity contribution in [1.82, 2.24) is 10.2 Å². The molecule has 0 saturated carbocycles. The Morgan fingerprint density at radius 1 is 1.00 bits per heavy atom. The molecule has 0 radical (unpaired) electrons. The molecule has 18 heavy (non-hydrogen) atoms. The fourth-order valence-corrected chi connectivity index (χ4v) is 2.71. The molecule has 0 amide bonds. The van der Waals surface area contributed by atoms with E-state index in [1.54, 1.807) is 0 Å². The second-order valence-corrected chi connectivity index (χ2v) is 5.68. The first-order chi connectivity index (χ1) is 8.72. The van der Waals surface area contributed by atoms with Crippen LogP contribution in [-0.2, 0) is 4.74 Å². The standard InChI is InChI=1S/C15H32N2O/c1-4-9-16-10-7-5-6-8-11-17-12-14(2)18-15(3)13-17/h14-16H,4-13H2,1-3H3. The minimum atomic E-state index is 0.409. The van der Waals surface area contributed by atoms with Gasteiger partial charge in [0.2, 0.25) is 0 Å². The molecule has 1 heterocycles. The molecule has 108 valence electrons. The van der Waals surface area contributed by atoms with Crippen molar-refractivity contribution in [2.75, 3.05) is 32.7 Å². The first kappa shape index (κ1) is 15.9. The van der Waals surface area contributed by atoms with E-state index in [1.165, 1.54) is 51.7 Å². The number of rotatable bonds is 9. The van der Waals surface area contributed by atoms with E-state index in [0.717, 1.165) is 13.1 Å². The van der Waals surface area contributed by atoms with Crippen LogP contribution in [0.25, 0.3) is 0 Å². The molecule has 0 aromatic heterocycles. The van der Waals surface area contributed by atoms with Gasteiger partial charge in [-0.2, -0.15) is 0 Å². The van der Waals surface area contributed by atoms with Crippen LogP contribution in [0.5, 0.6) is 0 Å². The van der Waals surface area contributed by atoms with Gasteiger partial charge in [0.05, 0.1) is 12.2 Å². The van der Waals surface area contributed by atoms with Crippen LogP contribution in [0.4, 0.5) is 0 Å². The van der Waals surface area contributed by atoms with Gasteiger partial charge in [-0.25, -0.2) is 0 Å². The van der Waals surface area contributed by atoms with E-state index in [0.29, 0.717) is 12.2 Å². The summed E-state index contributed by atoms with van der Waals surface area (Å²) >= 11 is 0. The smallest absolute Gasteiger partial charge is 0.0678 e. The third-order valence-electron chi connectivity index (χ3n) is 3.50. The highest BCUT2D eigenvalue weighted by molar-refractivity contribution is 4.72. The lowest BCUT2D eigenvalue weighted by atomic mass is 10.1. The topological polar surface area (TPSA) is 24.5 Å². The van der Waals surface area contributed by atoms with Gasteiger partial charge in [0.15, 0.2) is 0 Å². The molecule has 0 aromatic carbocycles. The summed E-state index contributed by atoms with van der Waals surface area (Å²) in [4.78, 5) is 2.56. The third-order valence-corrected chi connectivity index (χ3v) is 3.50. The van der Waals surface area contributed by atoms with Crippen LogP contribution in [0.1, 0.15) is 52.9 Å². The number of nitrogens with zero attached hydrogens (tertiary/aromatic N) is 1. The van der Waals surface area contributed by atoms with E-state index < -0.39 is 0 Å². The Labute approximate surface area is 113 Å². The number of morpholine rings is 1. The third kappa shape index (κ3) is 7.34. The number of hydrogen-bond acceptors (Lipinski definition) is 3. The first-order valence-corrected chi connectivity index (χ1v) is 7.81. The van der Waals surface area contributed by atoms with Crippen LogP contribution in [-0.4, -0.2) is 49.8 Å². The molecule has 1 aliphatic heterocycles. The predicted molar refractivity (Wildman–Crippen MR) is 78.1 cm³/mol. The van der Waals surface area contributed by atoms with E-state index in [2.05, 4.69) is 31.0 Å². The quantitative estimate of drug-likeness (QED) is 0.642. The summed E-state index contributed by atoms with van der Waals surface area (Å²) in [5.74, 6) is 0. The molecule has 1 aliphatic rings. The largest absolute Gasteiger partial charge is 0.373 e. The van der Waals surface area contributed by atoms with Gasteiger partial charge in [-0.3, -0.25) is 4.90 Å². The van der Waals surface area contributed by atoms with Crippen molar-refractivity contribution >= 4 is 0 Å². The maximum atomic E-state index is 5.75.